The molecule has 0 fully saturated rings. The summed E-state index contributed by atoms with van der Waals surface area (Å²) in [4.78, 5) is 0. The molecule has 2 rings (SSSR count). The van der Waals surface area contributed by atoms with Crippen LogP contribution in [0.25, 0.3) is 0 Å². The number of halogens is 1. The SMILES string of the molecule is COC[C@H]1Cc2c(Br)cccc2[C@H](C)N1. The number of ether oxygens (including phenoxy) is 1. The predicted molar refractivity (Wildman–Crippen MR) is 65.1 cm³/mol. The first-order valence-corrected chi connectivity index (χ1v) is 6.04. The lowest BCUT2D eigenvalue weighted by Crippen LogP contribution is -2.41. The standard InChI is InChI=1S/C12H16BrNO/c1-8-10-4-3-5-12(13)11(10)6-9(14-8)7-15-2/h3-5,8-9,14H,6-7H2,1-2H3/t8-,9+/m0/s1. The van der Waals surface area contributed by atoms with Crippen molar-refractivity contribution in [2.45, 2.75) is 25.4 Å². The summed E-state index contributed by atoms with van der Waals surface area (Å²) in [5, 5.41) is 3.55. The zero-order valence-electron chi connectivity index (χ0n) is 9.09. The van der Waals surface area contributed by atoms with Crippen molar-refractivity contribution in [1.82, 2.24) is 5.32 Å². The number of methoxy groups -OCH3 is 1. The third kappa shape index (κ3) is 2.25. The quantitative estimate of drug-likeness (QED) is 0.892. The first-order chi connectivity index (χ1) is 7.22. The summed E-state index contributed by atoms with van der Waals surface area (Å²) in [6.45, 7) is 2.97. The molecule has 0 aromatic heterocycles. The fraction of sp³-hybridized carbons (Fsp3) is 0.500. The van der Waals surface area contributed by atoms with Crippen molar-refractivity contribution in [3.8, 4) is 0 Å². The lowest BCUT2D eigenvalue weighted by Gasteiger charge is -2.31. The van der Waals surface area contributed by atoms with Gasteiger partial charge in [0.05, 0.1) is 6.61 Å². The molecule has 1 aromatic rings. The molecule has 15 heavy (non-hydrogen) atoms. The molecule has 0 saturated carbocycles. The Balaban J connectivity index is 2.29. The number of nitrogens with one attached hydrogen (secondary N) is 1. The molecule has 1 aromatic carbocycles. The Morgan fingerprint density at radius 2 is 2.33 bits per heavy atom. The molecule has 1 heterocycles. The summed E-state index contributed by atoms with van der Waals surface area (Å²) >= 11 is 3.62. The van der Waals surface area contributed by atoms with Gasteiger partial charge in [0.15, 0.2) is 0 Å². The zero-order chi connectivity index (χ0) is 10.8. The van der Waals surface area contributed by atoms with Gasteiger partial charge in [-0.05, 0) is 30.5 Å². The molecule has 0 unspecified atom stereocenters. The maximum atomic E-state index is 5.21. The zero-order valence-corrected chi connectivity index (χ0v) is 10.7. The fourth-order valence-corrected chi connectivity index (χ4v) is 2.80. The molecule has 82 valence electrons. The van der Waals surface area contributed by atoms with Gasteiger partial charge in [-0.3, -0.25) is 0 Å². The highest BCUT2D eigenvalue weighted by Crippen LogP contribution is 2.30. The third-order valence-corrected chi connectivity index (χ3v) is 3.67. The van der Waals surface area contributed by atoms with Gasteiger partial charge in [0.25, 0.3) is 0 Å². The van der Waals surface area contributed by atoms with Crippen LogP contribution in [0, 0.1) is 0 Å². The van der Waals surface area contributed by atoms with Crippen LogP contribution in [0.5, 0.6) is 0 Å². The van der Waals surface area contributed by atoms with E-state index < -0.39 is 0 Å². The van der Waals surface area contributed by atoms with E-state index >= 15 is 0 Å². The highest BCUT2D eigenvalue weighted by Gasteiger charge is 2.24. The van der Waals surface area contributed by atoms with Crippen LogP contribution < -0.4 is 5.32 Å². The Labute approximate surface area is 99.1 Å². The van der Waals surface area contributed by atoms with E-state index in [2.05, 4.69) is 46.4 Å². The van der Waals surface area contributed by atoms with E-state index in [4.69, 9.17) is 4.74 Å². The van der Waals surface area contributed by atoms with Crippen LogP contribution in [-0.4, -0.2) is 19.8 Å². The van der Waals surface area contributed by atoms with Crippen molar-refractivity contribution >= 4 is 15.9 Å². The number of fused-ring (bicyclic) bond motifs is 1. The number of hydrogen-bond donors (Lipinski definition) is 1. The van der Waals surface area contributed by atoms with E-state index in [0.717, 1.165) is 13.0 Å². The summed E-state index contributed by atoms with van der Waals surface area (Å²) in [6.07, 6.45) is 1.04. The van der Waals surface area contributed by atoms with E-state index in [0.29, 0.717) is 12.1 Å². The largest absolute Gasteiger partial charge is 0.383 e. The van der Waals surface area contributed by atoms with E-state index in [1.807, 2.05) is 0 Å². The minimum atomic E-state index is 0.409. The fourth-order valence-electron chi connectivity index (χ4n) is 2.25. The van der Waals surface area contributed by atoms with Gasteiger partial charge in [-0.2, -0.15) is 0 Å². The van der Waals surface area contributed by atoms with Gasteiger partial charge < -0.3 is 10.1 Å². The van der Waals surface area contributed by atoms with E-state index in [1.165, 1.54) is 15.6 Å². The number of benzene rings is 1. The average molecular weight is 270 g/mol. The monoisotopic (exact) mass is 269 g/mol. The maximum absolute atomic E-state index is 5.21. The second-order valence-corrected chi connectivity index (χ2v) is 4.91. The molecule has 0 spiro atoms. The molecule has 1 aliphatic heterocycles. The second-order valence-electron chi connectivity index (χ2n) is 4.05. The molecule has 0 amide bonds. The van der Waals surface area contributed by atoms with Crippen LogP contribution in [0.15, 0.2) is 22.7 Å². The molecular weight excluding hydrogens is 254 g/mol. The van der Waals surface area contributed by atoms with Crippen molar-refractivity contribution < 1.29 is 4.74 Å². The van der Waals surface area contributed by atoms with Gasteiger partial charge >= 0.3 is 0 Å². The van der Waals surface area contributed by atoms with Crippen LogP contribution in [0.3, 0.4) is 0 Å². The lowest BCUT2D eigenvalue weighted by atomic mass is 9.91. The first kappa shape index (κ1) is 11.1. The van der Waals surface area contributed by atoms with E-state index in [9.17, 15) is 0 Å². The highest BCUT2D eigenvalue weighted by atomic mass is 79.9. The summed E-state index contributed by atoms with van der Waals surface area (Å²) in [5.41, 5.74) is 2.82. The van der Waals surface area contributed by atoms with Gasteiger partial charge in [-0.15, -0.1) is 0 Å². The molecule has 2 nitrogen and oxygen atoms in total. The van der Waals surface area contributed by atoms with Gasteiger partial charge in [0.1, 0.15) is 0 Å². The molecule has 0 bridgehead atoms. The molecule has 3 heteroatoms. The van der Waals surface area contributed by atoms with Gasteiger partial charge in [-0.25, -0.2) is 0 Å². The Hall–Kier alpha value is -0.380. The highest BCUT2D eigenvalue weighted by molar-refractivity contribution is 9.10. The van der Waals surface area contributed by atoms with Crippen LogP contribution >= 0.6 is 15.9 Å². The normalized spacial score (nSPS) is 25.0. The van der Waals surface area contributed by atoms with Crippen LogP contribution in [0.1, 0.15) is 24.1 Å². The van der Waals surface area contributed by atoms with Crippen molar-refractivity contribution in [3.05, 3.63) is 33.8 Å². The lowest BCUT2D eigenvalue weighted by molar-refractivity contribution is 0.157. The molecule has 1 aliphatic rings. The average Bonchev–Trinajstić information content (AvgIpc) is 2.20. The van der Waals surface area contributed by atoms with Crippen molar-refractivity contribution in [2.24, 2.45) is 0 Å². The van der Waals surface area contributed by atoms with Crippen molar-refractivity contribution in [1.29, 1.82) is 0 Å². The van der Waals surface area contributed by atoms with Crippen LogP contribution in [0.2, 0.25) is 0 Å². The molecular formula is C12H16BrNO. The minimum absolute atomic E-state index is 0.409. The van der Waals surface area contributed by atoms with Crippen LogP contribution in [0.4, 0.5) is 0 Å². The van der Waals surface area contributed by atoms with E-state index in [-0.39, 0.29) is 0 Å². The Morgan fingerprint density at radius 3 is 3.07 bits per heavy atom. The van der Waals surface area contributed by atoms with Crippen LogP contribution in [-0.2, 0) is 11.2 Å². The van der Waals surface area contributed by atoms with Gasteiger partial charge in [0, 0.05) is 23.7 Å². The molecule has 0 saturated heterocycles. The van der Waals surface area contributed by atoms with Crippen molar-refractivity contribution in [2.75, 3.05) is 13.7 Å². The predicted octanol–water partition coefficient (Wildman–Crippen LogP) is 2.67. The second kappa shape index (κ2) is 4.64. The summed E-state index contributed by atoms with van der Waals surface area (Å²) < 4.78 is 6.42. The summed E-state index contributed by atoms with van der Waals surface area (Å²) in [7, 11) is 1.75. The molecule has 0 aliphatic carbocycles. The molecule has 0 radical (unpaired) electrons. The van der Waals surface area contributed by atoms with E-state index in [1.54, 1.807) is 7.11 Å². The molecule has 2 atom stereocenters. The third-order valence-electron chi connectivity index (χ3n) is 2.93. The van der Waals surface area contributed by atoms with Crippen molar-refractivity contribution in [3.63, 3.8) is 0 Å². The maximum Gasteiger partial charge on any atom is 0.0619 e. The molecule has 1 N–H and O–H groups in total. The number of hydrogen-bond acceptors (Lipinski definition) is 2. The summed E-state index contributed by atoms with van der Waals surface area (Å²) in [6, 6.07) is 7.24. The first-order valence-electron chi connectivity index (χ1n) is 5.24. The topological polar surface area (TPSA) is 21.3 Å². The smallest absolute Gasteiger partial charge is 0.0619 e. The van der Waals surface area contributed by atoms with Gasteiger partial charge in [0.2, 0.25) is 0 Å². The Kier molecular flexibility index (Phi) is 3.44. The Bertz CT molecular complexity index is 353. The summed E-state index contributed by atoms with van der Waals surface area (Å²) in [5.74, 6) is 0. The Morgan fingerprint density at radius 1 is 1.53 bits per heavy atom. The minimum Gasteiger partial charge on any atom is -0.383 e. The number of rotatable bonds is 2. The van der Waals surface area contributed by atoms with Gasteiger partial charge in [-0.1, -0.05) is 28.1 Å².